The van der Waals surface area contributed by atoms with Crippen LogP contribution in [0, 0.1) is 0 Å². The minimum atomic E-state index is -1.78. The fourth-order valence-electron chi connectivity index (χ4n) is 0.284. The minimum absolute atomic E-state index is 0.539. The highest BCUT2D eigenvalue weighted by atomic mass is 16.4. The van der Waals surface area contributed by atoms with Crippen LogP contribution in [-0.2, 0) is 4.79 Å². The highest BCUT2D eigenvalue weighted by Crippen LogP contribution is 1.95. The van der Waals surface area contributed by atoms with E-state index in [1.807, 2.05) is 0 Å². The van der Waals surface area contributed by atoms with E-state index in [1.54, 1.807) is 0 Å². The maximum atomic E-state index is 9.85. The number of carboxylic acids is 1. The lowest BCUT2D eigenvalue weighted by Crippen LogP contribution is -2.21. The van der Waals surface area contributed by atoms with Crippen LogP contribution in [0.4, 0.5) is 0 Å². The van der Waals surface area contributed by atoms with Crippen LogP contribution in [0.1, 0.15) is 6.92 Å². The van der Waals surface area contributed by atoms with Crippen LogP contribution >= 0.6 is 0 Å². The van der Waals surface area contributed by atoms with Gasteiger partial charge in [-0.1, -0.05) is 0 Å². The zero-order valence-electron chi connectivity index (χ0n) is 4.90. The van der Waals surface area contributed by atoms with E-state index in [1.165, 1.54) is 6.92 Å². The summed E-state index contributed by atoms with van der Waals surface area (Å²) < 4.78 is 0. The molecule has 4 nitrogen and oxygen atoms in total. The Balaban J connectivity index is 4.04. The first-order chi connectivity index (χ1) is 4.09. The van der Waals surface area contributed by atoms with Gasteiger partial charge >= 0.3 is 5.97 Å². The second-order valence-electron chi connectivity index (χ2n) is 1.45. The van der Waals surface area contributed by atoms with Gasteiger partial charge in [0.25, 0.3) is 0 Å². The van der Waals surface area contributed by atoms with Crippen molar-refractivity contribution in [3.8, 4) is 0 Å². The molecule has 1 unspecified atom stereocenters. The summed E-state index contributed by atoms with van der Waals surface area (Å²) in [7, 11) is 0. The molecule has 0 aromatic heterocycles. The van der Waals surface area contributed by atoms with Crippen LogP contribution in [-0.4, -0.2) is 27.4 Å². The van der Waals surface area contributed by atoms with Gasteiger partial charge in [-0.3, -0.25) is 0 Å². The lowest BCUT2D eigenvalue weighted by atomic mass is 10.3. The van der Waals surface area contributed by atoms with Crippen LogP contribution < -0.4 is 0 Å². The Morgan fingerprint density at radius 3 is 2.11 bits per heavy atom. The van der Waals surface area contributed by atoms with Crippen molar-refractivity contribution < 1.29 is 20.1 Å². The minimum Gasteiger partial charge on any atom is -0.509 e. The SMILES string of the molecule is C/C=C(/O)C(O)C(=O)O. The van der Waals surface area contributed by atoms with Crippen molar-refractivity contribution in [2.24, 2.45) is 0 Å². The Kier molecular flexibility index (Phi) is 2.73. The van der Waals surface area contributed by atoms with Gasteiger partial charge in [-0.15, -0.1) is 0 Å². The number of allylic oxidation sites excluding steroid dienone is 1. The highest BCUT2D eigenvalue weighted by molar-refractivity contribution is 5.74. The van der Waals surface area contributed by atoms with Crippen LogP contribution in [0.15, 0.2) is 11.8 Å². The molecule has 3 N–H and O–H groups in total. The third-order valence-corrected chi connectivity index (χ3v) is 0.810. The lowest BCUT2D eigenvalue weighted by Gasteiger charge is -2.01. The van der Waals surface area contributed by atoms with Crippen molar-refractivity contribution in [2.45, 2.75) is 13.0 Å². The Bertz CT molecular complexity index is 138. The molecule has 0 spiro atoms. The molecule has 0 radical (unpaired) electrons. The molecule has 0 saturated carbocycles. The third kappa shape index (κ3) is 2.14. The number of aliphatic hydroxyl groups is 2. The van der Waals surface area contributed by atoms with E-state index >= 15 is 0 Å². The highest BCUT2D eigenvalue weighted by Gasteiger charge is 2.16. The number of aliphatic hydroxyl groups excluding tert-OH is 2. The van der Waals surface area contributed by atoms with Crippen LogP contribution in [0.3, 0.4) is 0 Å². The molecule has 0 heterocycles. The van der Waals surface area contributed by atoms with Crippen LogP contribution in [0.2, 0.25) is 0 Å². The summed E-state index contributed by atoms with van der Waals surface area (Å²) >= 11 is 0. The number of carboxylic acid groups (broad SMARTS) is 1. The molecule has 0 aromatic carbocycles. The normalized spacial score (nSPS) is 15.1. The van der Waals surface area contributed by atoms with Crippen molar-refractivity contribution in [2.75, 3.05) is 0 Å². The van der Waals surface area contributed by atoms with Crippen molar-refractivity contribution >= 4 is 5.97 Å². The largest absolute Gasteiger partial charge is 0.509 e. The van der Waals surface area contributed by atoms with Crippen LogP contribution in [0.25, 0.3) is 0 Å². The Labute approximate surface area is 52.1 Å². The second-order valence-corrected chi connectivity index (χ2v) is 1.45. The number of aliphatic carboxylic acids is 1. The molecule has 0 aliphatic heterocycles. The molecule has 9 heavy (non-hydrogen) atoms. The Morgan fingerprint density at radius 1 is 1.56 bits per heavy atom. The topological polar surface area (TPSA) is 77.8 Å². The molecule has 0 fully saturated rings. The van der Waals surface area contributed by atoms with E-state index in [-0.39, 0.29) is 0 Å². The van der Waals surface area contributed by atoms with E-state index < -0.39 is 17.8 Å². The Morgan fingerprint density at radius 2 is 2.00 bits per heavy atom. The van der Waals surface area contributed by atoms with Crippen molar-refractivity contribution in [3.05, 3.63) is 11.8 Å². The van der Waals surface area contributed by atoms with Crippen molar-refractivity contribution in [3.63, 3.8) is 0 Å². The van der Waals surface area contributed by atoms with Gasteiger partial charge in [0, 0.05) is 0 Å². The van der Waals surface area contributed by atoms with E-state index in [9.17, 15) is 4.79 Å². The van der Waals surface area contributed by atoms with Gasteiger partial charge in [0.2, 0.25) is 6.10 Å². The molecular weight excluding hydrogens is 124 g/mol. The summed E-state index contributed by atoms with van der Waals surface area (Å²) in [5.74, 6) is -1.99. The first-order valence-corrected chi connectivity index (χ1v) is 2.35. The molecular formula is C5H8O4. The van der Waals surface area contributed by atoms with Gasteiger partial charge in [0.05, 0.1) is 0 Å². The average Bonchev–Trinajstić information content (AvgIpc) is 1.84. The molecule has 0 rings (SSSR count). The second kappa shape index (κ2) is 3.09. The van der Waals surface area contributed by atoms with Gasteiger partial charge in [0.15, 0.2) is 0 Å². The summed E-state index contributed by atoms with van der Waals surface area (Å²) in [6.45, 7) is 1.43. The number of carbonyl (C=O) groups is 1. The molecule has 4 heteroatoms. The molecule has 52 valence electrons. The first-order valence-electron chi connectivity index (χ1n) is 2.35. The van der Waals surface area contributed by atoms with E-state index in [4.69, 9.17) is 15.3 Å². The summed E-state index contributed by atoms with van der Waals surface area (Å²) in [5.41, 5.74) is 0. The molecule has 1 atom stereocenters. The molecule has 0 saturated heterocycles. The first kappa shape index (κ1) is 7.97. The maximum Gasteiger partial charge on any atom is 0.340 e. The van der Waals surface area contributed by atoms with Crippen molar-refractivity contribution in [1.29, 1.82) is 0 Å². The molecule has 0 aliphatic rings. The standard InChI is InChI=1S/C5H8O4/c1-2-3(6)4(7)5(8)9/h2,4,6-7H,1H3,(H,8,9)/b3-2+. The average molecular weight is 132 g/mol. The third-order valence-electron chi connectivity index (χ3n) is 0.810. The molecule has 0 aromatic rings. The molecule has 0 bridgehead atoms. The van der Waals surface area contributed by atoms with E-state index in [2.05, 4.69) is 0 Å². The predicted molar refractivity (Wildman–Crippen MR) is 30.0 cm³/mol. The van der Waals surface area contributed by atoms with E-state index in [0.717, 1.165) is 6.08 Å². The quantitative estimate of drug-likeness (QED) is 0.458. The number of hydrogen-bond donors (Lipinski definition) is 3. The van der Waals surface area contributed by atoms with Gasteiger partial charge < -0.3 is 15.3 Å². The zero-order chi connectivity index (χ0) is 7.44. The summed E-state index contributed by atoms with van der Waals surface area (Å²) in [5, 5.41) is 25.0. The molecule has 0 aliphatic carbocycles. The van der Waals surface area contributed by atoms with Crippen LogP contribution in [0.5, 0.6) is 0 Å². The van der Waals surface area contributed by atoms with E-state index in [0.29, 0.717) is 0 Å². The smallest absolute Gasteiger partial charge is 0.340 e. The van der Waals surface area contributed by atoms with Gasteiger partial charge in [-0.05, 0) is 13.0 Å². The van der Waals surface area contributed by atoms with Crippen molar-refractivity contribution in [1.82, 2.24) is 0 Å². The number of hydrogen-bond acceptors (Lipinski definition) is 3. The van der Waals surface area contributed by atoms with Gasteiger partial charge in [-0.2, -0.15) is 0 Å². The fourth-order valence-corrected chi connectivity index (χ4v) is 0.284. The predicted octanol–water partition coefficient (Wildman–Crippen LogP) is -0.106. The maximum absolute atomic E-state index is 9.85. The molecule has 0 amide bonds. The lowest BCUT2D eigenvalue weighted by molar-refractivity contribution is -0.145. The van der Waals surface area contributed by atoms with Gasteiger partial charge in [0.1, 0.15) is 5.76 Å². The number of rotatable bonds is 2. The summed E-state index contributed by atoms with van der Waals surface area (Å²) in [6, 6.07) is 0. The summed E-state index contributed by atoms with van der Waals surface area (Å²) in [6.07, 6.45) is -0.659. The monoisotopic (exact) mass is 132 g/mol. The fraction of sp³-hybridized carbons (Fsp3) is 0.400. The van der Waals surface area contributed by atoms with Gasteiger partial charge in [-0.25, -0.2) is 4.79 Å². The Hall–Kier alpha value is -1.03. The summed E-state index contributed by atoms with van der Waals surface area (Å²) in [4.78, 5) is 9.85. The zero-order valence-corrected chi connectivity index (χ0v) is 4.90.